The van der Waals surface area contributed by atoms with E-state index in [1.165, 1.54) is 18.4 Å². The average Bonchev–Trinajstić information content (AvgIpc) is 3.33. The summed E-state index contributed by atoms with van der Waals surface area (Å²) in [5.41, 5.74) is 2.18. The maximum Gasteiger partial charge on any atom is 0.409 e. The van der Waals surface area contributed by atoms with E-state index in [2.05, 4.69) is 32.3 Å². The first-order valence-corrected chi connectivity index (χ1v) is 9.13. The largest absolute Gasteiger partial charge is 0.448 e. The lowest BCUT2D eigenvalue weighted by molar-refractivity contribution is 0.159. The molecule has 7 nitrogen and oxygen atoms in total. The van der Waals surface area contributed by atoms with Crippen molar-refractivity contribution >= 4 is 23.5 Å². The molecule has 2 aromatic rings. The number of ether oxygens (including phenoxy) is 1. The molecule has 0 radical (unpaired) electrons. The molecule has 0 unspecified atom stereocenters. The molecule has 0 spiro atoms. The molecule has 136 valence electrons. The SMILES string of the molecule is O=C1OCCN1CCc1ccc(Nc2ccnc(N3CCCC3)n2)cc1. The fraction of sp³-hybridized carbons (Fsp3) is 0.421. The molecule has 3 heterocycles. The Morgan fingerprint density at radius 3 is 2.62 bits per heavy atom. The number of nitrogens with zero attached hydrogens (tertiary/aromatic N) is 4. The van der Waals surface area contributed by atoms with Crippen molar-refractivity contribution in [2.45, 2.75) is 19.3 Å². The van der Waals surface area contributed by atoms with Gasteiger partial charge in [-0.15, -0.1) is 0 Å². The third-order valence-electron chi connectivity index (χ3n) is 4.77. The van der Waals surface area contributed by atoms with E-state index in [9.17, 15) is 4.79 Å². The van der Waals surface area contributed by atoms with E-state index in [-0.39, 0.29) is 6.09 Å². The summed E-state index contributed by atoms with van der Waals surface area (Å²) >= 11 is 0. The standard InChI is InChI=1S/C19H23N5O2/c25-19-24(13-14-26-19)12-8-15-3-5-16(6-4-15)21-17-7-9-20-18(22-17)23-10-1-2-11-23/h3-7,9H,1-2,8,10-14H2,(H,20,21,22). The Hall–Kier alpha value is -2.83. The van der Waals surface area contributed by atoms with Crippen molar-refractivity contribution in [1.82, 2.24) is 14.9 Å². The van der Waals surface area contributed by atoms with Crippen LogP contribution in [-0.2, 0) is 11.2 Å². The number of aromatic nitrogens is 2. The first-order valence-electron chi connectivity index (χ1n) is 9.13. The maximum atomic E-state index is 11.5. The van der Waals surface area contributed by atoms with Crippen LogP contribution < -0.4 is 10.2 Å². The Kier molecular flexibility index (Phi) is 4.86. The van der Waals surface area contributed by atoms with Gasteiger partial charge in [-0.3, -0.25) is 0 Å². The quantitative estimate of drug-likeness (QED) is 0.861. The smallest absolute Gasteiger partial charge is 0.409 e. The molecule has 7 heteroatoms. The highest BCUT2D eigenvalue weighted by molar-refractivity contribution is 5.69. The topological polar surface area (TPSA) is 70.6 Å². The lowest BCUT2D eigenvalue weighted by Gasteiger charge is -2.16. The molecule has 2 aliphatic rings. The minimum absolute atomic E-state index is 0.208. The molecule has 1 amide bonds. The summed E-state index contributed by atoms with van der Waals surface area (Å²) in [6, 6.07) is 10.1. The number of carbonyl (C=O) groups is 1. The van der Waals surface area contributed by atoms with E-state index in [0.717, 1.165) is 37.0 Å². The van der Waals surface area contributed by atoms with Crippen LogP contribution in [0, 0.1) is 0 Å². The van der Waals surface area contributed by atoms with Gasteiger partial charge in [0.15, 0.2) is 0 Å². The van der Waals surface area contributed by atoms with E-state index >= 15 is 0 Å². The van der Waals surface area contributed by atoms with Crippen molar-refractivity contribution in [2.24, 2.45) is 0 Å². The lowest BCUT2D eigenvalue weighted by atomic mass is 10.1. The zero-order chi connectivity index (χ0) is 17.8. The second-order valence-corrected chi connectivity index (χ2v) is 6.61. The Bertz CT molecular complexity index is 759. The molecule has 2 aliphatic heterocycles. The molecular weight excluding hydrogens is 330 g/mol. The zero-order valence-electron chi connectivity index (χ0n) is 14.7. The molecule has 26 heavy (non-hydrogen) atoms. The van der Waals surface area contributed by atoms with Crippen LogP contribution in [0.4, 0.5) is 22.2 Å². The van der Waals surface area contributed by atoms with Crippen LogP contribution in [0.1, 0.15) is 18.4 Å². The van der Waals surface area contributed by atoms with Gasteiger partial charge < -0.3 is 19.9 Å². The van der Waals surface area contributed by atoms with Gasteiger partial charge in [0.25, 0.3) is 0 Å². The highest BCUT2D eigenvalue weighted by Crippen LogP contribution is 2.20. The third kappa shape index (κ3) is 3.87. The van der Waals surface area contributed by atoms with Crippen LogP contribution >= 0.6 is 0 Å². The van der Waals surface area contributed by atoms with Gasteiger partial charge in [0.1, 0.15) is 12.4 Å². The minimum Gasteiger partial charge on any atom is -0.448 e. The molecule has 1 aromatic carbocycles. The third-order valence-corrected chi connectivity index (χ3v) is 4.77. The molecule has 2 fully saturated rings. The van der Waals surface area contributed by atoms with Crippen LogP contribution in [0.2, 0.25) is 0 Å². The Morgan fingerprint density at radius 2 is 1.88 bits per heavy atom. The second kappa shape index (κ2) is 7.59. The van der Waals surface area contributed by atoms with E-state index < -0.39 is 0 Å². The number of nitrogens with one attached hydrogen (secondary N) is 1. The fourth-order valence-electron chi connectivity index (χ4n) is 3.28. The molecule has 0 saturated carbocycles. The van der Waals surface area contributed by atoms with Crippen molar-refractivity contribution < 1.29 is 9.53 Å². The highest BCUT2D eigenvalue weighted by Gasteiger charge is 2.21. The van der Waals surface area contributed by atoms with Crippen molar-refractivity contribution in [3.05, 3.63) is 42.1 Å². The Morgan fingerprint density at radius 1 is 1.08 bits per heavy atom. The lowest BCUT2D eigenvalue weighted by Crippen LogP contribution is -2.26. The fourth-order valence-corrected chi connectivity index (χ4v) is 3.28. The molecule has 2 saturated heterocycles. The Balaban J connectivity index is 1.35. The van der Waals surface area contributed by atoms with Crippen molar-refractivity contribution in [2.75, 3.05) is 43.0 Å². The summed E-state index contributed by atoms with van der Waals surface area (Å²) < 4.78 is 4.95. The predicted molar refractivity (Wildman–Crippen MR) is 99.8 cm³/mol. The summed E-state index contributed by atoms with van der Waals surface area (Å²) in [7, 11) is 0. The molecular formula is C19H23N5O2. The molecule has 0 bridgehead atoms. The first-order chi connectivity index (χ1) is 12.8. The van der Waals surface area contributed by atoms with Gasteiger partial charge in [0.2, 0.25) is 5.95 Å². The number of carbonyl (C=O) groups excluding carboxylic acids is 1. The average molecular weight is 353 g/mol. The molecule has 1 N–H and O–H groups in total. The minimum atomic E-state index is -0.208. The van der Waals surface area contributed by atoms with Gasteiger partial charge in [-0.25, -0.2) is 9.78 Å². The van der Waals surface area contributed by atoms with Gasteiger partial charge in [-0.2, -0.15) is 4.98 Å². The molecule has 0 aliphatic carbocycles. The Labute approximate surface area is 153 Å². The van der Waals surface area contributed by atoms with Gasteiger partial charge in [-0.05, 0) is 43.0 Å². The van der Waals surface area contributed by atoms with E-state index in [1.807, 2.05) is 18.2 Å². The van der Waals surface area contributed by atoms with Crippen LogP contribution in [0.15, 0.2) is 36.5 Å². The number of cyclic esters (lactones) is 1. The van der Waals surface area contributed by atoms with Gasteiger partial charge in [-0.1, -0.05) is 12.1 Å². The number of hydrogen-bond donors (Lipinski definition) is 1. The molecule has 0 atom stereocenters. The van der Waals surface area contributed by atoms with Crippen LogP contribution in [0.25, 0.3) is 0 Å². The summed E-state index contributed by atoms with van der Waals surface area (Å²) in [5, 5.41) is 3.34. The predicted octanol–water partition coefficient (Wildman–Crippen LogP) is 2.82. The van der Waals surface area contributed by atoms with Gasteiger partial charge >= 0.3 is 6.09 Å². The number of hydrogen-bond acceptors (Lipinski definition) is 6. The summed E-state index contributed by atoms with van der Waals surface area (Å²) in [4.78, 5) is 24.4. The molecule has 1 aromatic heterocycles. The van der Waals surface area contributed by atoms with Crippen LogP contribution in [0.5, 0.6) is 0 Å². The summed E-state index contributed by atoms with van der Waals surface area (Å²) in [5.74, 6) is 1.59. The highest BCUT2D eigenvalue weighted by atomic mass is 16.6. The number of anilines is 3. The maximum absolute atomic E-state index is 11.5. The monoisotopic (exact) mass is 353 g/mol. The van der Waals surface area contributed by atoms with E-state index in [4.69, 9.17) is 4.74 Å². The van der Waals surface area contributed by atoms with Crippen LogP contribution in [-0.4, -0.2) is 53.7 Å². The normalized spacial score (nSPS) is 16.8. The number of benzene rings is 1. The van der Waals surface area contributed by atoms with Crippen LogP contribution in [0.3, 0.4) is 0 Å². The summed E-state index contributed by atoms with van der Waals surface area (Å²) in [6.07, 6.45) is 4.82. The molecule has 4 rings (SSSR count). The van der Waals surface area contributed by atoms with E-state index in [1.54, 1.807) is 11.1 Å². The zero-order valence-corrected chi connectivity index (χ0v) is 14.7. The van der Waals surface area contributed by atoms with Crippen molar-refractivity contribution in [3.8, 4) is 0 Å². The van der Waals surface area contributed by atoms with Crippen molar-refractivity contribution in [1.29, 1.82) is 0 Å². The number of rotatable bonds is 6. The van der Waals surface area contributed by atoms with Gasteiger partial charge in [0.05, 0.1) is 6.54 Å². The number of amides is 1. The second-order valence-electron chi connectivity index (χ2n) is 6.61. The summed E-state index contributed by atoms with van der Waals surface area (Å²) in [6.45, 7) is 3.94. The van der Waals surface area contributed by atoms with Gasteiger partial charge in [0, 0.05) is 31.5 Å². The van der Waals surface area contributed by atoms with Crippen molar-refractivity contribution in [3.63, 3.8) is 0 Å². The van der Waals surface area contributed by atoms with E-state index in [0.29, 0.717) is 19.7 Å². The first kappa shape index (κ1) is 16.6.